The first-order valence-electron chi connectivity index (χ1n) is 3.82. The summed E-state index contributed by atoms with van der Waals surface area (Å²) in [5, 5.41) is 1.02. The molecule has 60 valence electrons. The van der Waals surface area contributed by atoms with Crippen molar-refractivity contribution in [3.63, 3.8) is 0 Å². The largest absolute Gasteiger partial charge is 0.350 e. The van der Waals surface area contributed by atoms with E-state index in [2.05, 4.69) is 0 Å². The Morgan fingerprint density at radius 3 is 2.83 bits per heavy atom. The monoisotopic (exact) mass is 161 g/mol. The molecule has 1 aromatic heterocycles. The van der Waals surface area contributed by atoms with Crippen LogP contribution in [0, 0.1) is 0 Å². The fraction of sp³-hybridized carbons (Fsp3) is 0.100. The first-order valence-corrected chi connectivity index (χ1v) is 3.82. The molecule has 0 spiro atoms. The van der Waals surface area contributed by atoms with Gasteiger partial charge in [0, 0.05) is 29.7 Å². The summed E-state index contributed by atoms with van der Waals surface area (Å²) >= 11 is 0. The molecule has 0 radical (unpaired) electrons. The average Bonchev–Trinajstić information content (AvgIpc) is 2.44. The topological polar surface area (TPSA) is 22.0 Å². The van der Waals surface area contributed by atoms with Crippen LogP contribution in [0.2, 0.25) is 0 Å². The fourth-order valence-electron chi connectivity index (χ4n) is 1.47. The standard InChI is InChI=1S/C10H9NO/c1-11-6-8(7-12)9-4-2-3-5-10(9)11/h2-7H,1H3/i12+2. The Kier molecular flexibility index (Phi) is 1.47. The van der Waals surface area contributed by atoms with Crippen molar-refractivity contribution in [1.82, 2.24) is 4.57 Å². The molecule has 1 aromatic carbocycles. The predicted octanol–water partition coefficient (Wildman–Crippen LogP) is 1.99. The van der Waals surface area contributed by atoms with Crippen LogP contribution in [0.1, 0.15) is 10.4 Å². The van der Waals surface area contributed by atoms with Crippen LogP contribution >= 0.6 is 0 Å². The second kappa shape index (κ2) is 2.48. The molecule has 12 heavy (non-hydrogen) atoms. The summed E-state index contributed by atoms with van der Waals surface area (Å²) in [5.41, 5.74) is 1.85. The molecule has 0 aliphatic rings. The van der Waals surface area contributed by atoms with Crippen LogP contribution in [0.4, 0.5) is 0 Å². The van der Waals surface area contributed by atoms with Gasteiger partial charge in [-0.15, -0.1) is 0 Å². The highest BCUT2D eigenvalue weighted by molar-refractivity contribution is 5.97. The molecule has 0 fully saturated rings. The van der Waals surface area contributed by atoms with Crippen molar-refractivity contribution in [2.24, 2.45) is 7.05 Å². The average molecular weight is 161 g/mol. The third kappa shape index (κ3) is 0.848. The van der Waals surface area contributed by atoms with Gasteiger partial charge in [-0.1, -0.05) is 18.2 Å². The molecule has 0 saturated carbocycles. The zero-order chi connectivity index (χ0) is 8.55. The summed E-state index contributed by atoms with van der Waals surface area (Å²) in [6, 6.07) is 7.87. The van der Waals surface area contributed by atoms with Crippen LogP contribution in [0.5, 0.6) is 0 Å². The summed E-state index contributed by atoms with van der Waals surface area (Å²) in [6.45, 7) is 0. The maximum atomic E-state index is 10.6. The highest BCUT2D eigenvalue weighted by Gasteiger charge is 2.02. The number of rotatable bonds is 1. The zero-order valence-electron chi connectivity index (χ0n) is 6.82. The molecule has 0 bridgehead atoms. The van der Waals surface area contributed by atoms with E-state index in [9.17, 15) is 4.79 Å². The molecule has 0 aliphatic heterocycles. The molecule has 0 saturated heterocycles. The third-order valence-electron chi connectivity index (χ3n) is 2.05. The van der Waals surface area contributed by atoms with Crippen LogP contribution in [-0.2, 0) is 7.05 Å². The van der Waals surface area contributed by atoms with Crippen LogP contribution in [0.15, 0.2) is 30.5 Å². The zero-order valence-corrected chi connectivity index (χ0v) is 6.82. The van der Waals surface area contributed by atoms with Crippen molar-refractivity contribution in [2.45, 2.75) is 0 Å². The smallest absolute Gasteiger partial charge is 0.152 e. The number of para-hydroxylation sites is 1. The Morgan fingerprint density at radius 2 is 2.08 bits per heavy atom. The van der Waals surface area contributed by atoms with E-state index >= 15 is 0 Å². The number of aryl methyl sites for hydroxylation is 1. The van der Waals surface area contributed by atoms with Gasteiger partial charge in [-0.05, 0) is 6.07 Å². The minimum absolute atomic E-state index is 0.758. The van der Waals surface area contributed by atoms with Crippen molar-refractivity contribution in [3.05, 3.63) is 36.0 Å². The van der Waals surface area contributed by atoms with E-state index in [1.807, 2.05) is 42.1 Å². The van der Waals surface area contributed by atoms with Crippen molar-refractivity contribution >= 4 is 17.2 Å². The molecule has 0 atom stereocenters. The highest BCUT2D eigenvalue weighted by atomic mass is 18.1. The normalized spacial score (nSPS) is 10.4. The van der Waals surface area contributed by atoms with Gasteiger partial charge in [-0.2, -0.15) is 0 Å². The molecular formula is C10H9NO. The Hall–Kier alpha value is -1.57. The molecule has 2 heteroatoms. The third-order valence-corrected chi connectivity index (χ3v) is 2.05. The number of carbonyl (C=O) groups is 1. The van der Waals surface area contributed by atoms with Gasteiger partial charge in [0.05, 0.1) is 0 Å². The van der Waals surface area contributed by atoms with E-state index in [0.717, 1.165) is 22.8 Å². The van der Waals surface area contributed by atoms with E-state index in [0.29, 0.717) is 0 Å². The lowest BCUT2D eigenvalue weighted by Crippen LogP contribution is -1.81. The minimum atomic E-state index is 0.758. The lowest BCUT2D eigenvalue weighted by atomic mass is 10.2. The van der Waals surface area contributed by atoms with Gasteiger partial charge in [0.15, 0.2) is 6.29 Å². The summed E-state index contributed by atoms with van der Waals surface area (Å²) in [6.07, 6.45) is 2.74. The van der Waals surface area contributed by atoms with Crippen molar-refractivity contribution in [3.8, 4) is 0 Å². The maximum Gasteiger partial charge on any atom is 0.152 e. The molecule has 2 rings (SSSR count). The summed E-state index contributed by atoms with van der Waals surface area (Å²) < 4.78 is 1.96. The van der Waals surface area contributed by atoms with Gasteiger partial charge < -0.3 is 4.57 Å². The van der Waals surface area contributed by atoms with Crippen molar-refractivity contribution < 1.29 is 4.79 Å². The molecule has 0 N–H and O–H groups in total. The second-order valence-corrected chi connectivity index (χ2v) is 2.83. The number of hydrogen-bond donors (Lipinski definition) is 0. The van der Waals surface area contributed by atoms with Gasteiger partial charge in [0.2, 0.25) is 0 Å². The van der Waals surface area contributed by atoms with Gasteiger partial charge in [-0.25, -0.2) is 0 Å². The number of nitrogens with zero attached hydrogens (tertiary/aromatic N) is 1. The van der Waals surface area contributed by atoms with E-state index in [-0.39, 0.29) is 0 Å². The SMILES string of the molecule is Cn1cc(C=[18O])c2ccccc21. The van der Waals surface area contributed by atoms with Crippen LogP contribution in [0.3, 0.4) is 0 Å². The van der Waals surface area contributed by atoms with Gasteiger partial charge >= 0.3 is 0 Å². The molecule has 0 amide bonds. The van der Waals surface area contributed by atoms with Crippen LogP contribution in [-0.4, -0.2) is 10.9 Å². The number of fused-ring (bicyclic) bond motifs is 1. The van der Waals surface area contributed by atoms with Crippen molar-refractivity contribution in [1.29, 1.82) is 0 Å². The summed E-state index contributed by atoms with van der Waals surface area (Å²) in [4.78, 5) is 10.6. The minimum Gasteiger partial charge on any atom is -0.350 e. The Labute approximate surface area is 70.4 Å². The van der Waals surface area contributed by atoms with E-state index in [1.54, 1.807) is 0 Å². The lowest BCUT2D eigenvalue weighted by molar-refractivity contribution is 0.112. The molecule has 1 heterocycles. The first-order chi connectivity index (χ1) is 5.83. The van der Waals surface area contributed by atoms with E-state index in [1.165, 1.54) is 0 Å². The quantitative estimate of drug-likeness (QED) is 0.463. The van der Waals surface area contributed by atoms with Gasteiger partial charge in [-0.3, -0.25) is 4.79 Å². The molecule has 0 unspecified atom stereocenters. The Bertz CT molecular complexity index is 428. The highest BCUT2D eigenvalue weighted by Crippen LogP contribution is 2.17. The number of carbonyl (C=O) groups excluding carboxylic acids is 1. The van der Waals surface area contributed by atoms with Crippen molar-refractivity contribution in [2.75, 3.05) is 0 Å². The van der Waals surface area contributed by atoms with Gasteiger partial charge in [0.1, 0.15) is 0 Å². The number of benzene rings is 1. The second-order valence-electron chi connectivity index (χ2n) is 2.83. The number of hydrogen-bond acceptors (Lipinski definition) is 1. The molecule has 2 nitrogen and oxygen atoms in total. The fourth-order valence-corrected chi connectivity index (χ4v) is 1.47. The Balaban J connectivity index is 2.91. The van der Waals surface area contributed by atoms with E-state index in [4.69, 9.17) is 0 Å². The molecule has 2 aromatic rings. The maximum absolute atomic E-state index is 10.6. The predicted molar refractivity (Wildman–Crippen MR) is 48.3 cm³/mol. The van der Waals surface area contributed by atoms with Crippen LogP contribution in [0.25, 0.3) is 10.9 Å². The number of aromatic nitrogens is 1. The molecular weight excluding hydrogens is 152 g/mol. The van der Waals surface area contributed by atoms with E-state index < -0.39 is 0 Å². The number of aldehydes is 1. The molecule has 0 aliphatic carbocycles. The van der Waals surface area contributed by atoms with Gasteiger partial charge in [0.25, 0.3) is 0 Å². The summed E-state index contributed by atoms with van der Waals surface area (Å²) in [5.74, 6) is 0. The summed E-state index contributed by atoms with van der Waals surface area (Å²) in [7, 11) is 1.94. The lowest BCUT2D eigenvalue weighted by Gasteiger charge is -1.92. The van der Waals surface area contributed by atoms with Crippen LogP contribution < -0.4 is 0 Å². The first kappa shape index (κ1) is 7.10. The Morgan fingerprint density at radius 1 is 1.33 bits per heavy atom.